The number of aliphatic hydroxyl groups excluding tert-OH is 1. The van der Waals surface area contributed by atoms with E-state index < -0.39 is 6.61 Å². The predicted octanol–water partition coefficient (Wildman–Crippen LogP) is 1.09. The molecule has 0 spiro atoms. The number of benzene rings is 3. The molecule has 0 aliphatic heterocycles. The maximum atomic E-state index is 11.0. The molecule has 17 nitrogen and oxygen atoms in total. The second-order valence-electron chi connectivity index (χ2n) is 10.7. The van der Waals surface area contributed by atoms with Crippen molar-refractivity contribution >= 4 is 48.2 Å². The average molecular weight is 845 g/mol. The number of hydrazine groups is 2. The van der Waals surface area contributed by atoms with Crippen LogP contribution in [0.1, 0.15) is 48.7 Å². The normalized spacial score (nSPS) is 8.65. The van der Waals surface area contributed by atoms with Crippen LogP contribution in [0.3, 0.4) is 0 Å². The number of halogens is 1. The summed E-state index contributed by atoms with van der Waals surface area (Å²) in [4.78, 5) is 34.3. The number of amides is 1. The molecule has 0 aliphatic rings. The van der Waals surface area contributed by atoms with Crippen molar-refractivity contribution in [1.82, 2.24) is 30.6 Å². The van der Waals surface area contributed by atoms with Gasteiger partial charge in [0.2, 0.25) is 0 Å². The molecule has 0 atom stereocenters. The van der Waals surface area contributed by atoms with E-state index in [0.29, 0.717) is 34.0 Å². The number of aromatic amines is 1. The van der Waals surface area contributed by atoms with Gasteiger partial charge >= 0.3 is 29.6 Å². The first-order chi connectivity index (χ1) is 27.1. The van der Waals surface area contributed by atoms with Gasteiger partial charge in [-0.1, -0.05) is 105 Å². The summed E-state index contributed by atoms with van der Waals surface area (Å²) in [6.45, 7) is 10.5. The van der Waals surface area contributed by atoms with Crippen molar-refractivity contribution in [2.75, 3.05) is 6.61 Å². The molecule has 308 valence electrons. The zero-order valence-corrected chi connectivity index (χ0v) is 35.5. The number of nitrogens with zero attached hydrogens (tertiary/aromatic N) is 5. The van der Waals surface area contributed by atoms with Crippen molar-refractivity contribution in [2.24, 2.45) is 23.3 Å². The fraction of sp³-hybridized carbons (Fsp3) is 0.0244. The van der Waals surface area contributed by atoms with Crippen LogP contribution in [0.5, 0.6) is 0 Å². The molecule has 6 aromatic rings. The van der Waals surface area contributed by atoms with E-state index in [9.17, 15) is 9.59 Å². The van der Waals surface area contributed by atoms with Gasteiger partial charge in [0.1, 0.15) is 29.9 Å². The molecule has 3 heterocycles. The molecule has 3 aromatic heterocycles. The Balaban J connectivity index is -0.000000715. The molecule has 1 amide bonds. The number of hydrogen-bond acceptors (Lipinski definition) is 13. The number of Topliss-reactive ketones (excluding diaryl/α,β-unsaturated/α-hetero) is 1. The van der Waals surface area contributed by atoms with Crippen LogP contribution in [-0.2, 0) is 0 Å². The average Bonchev–Trinajstić information content (AvgIpc) is 3.78. The Morgan fingerprint density at radius 3 is 1.72 bits per heavy atom. The molecule has 60 heavy (non-hydrogen) atoms. The third-order valence-electron chi connectivity index (χ3n) is 7.14. The molecule has 0 saturated carbocycles. The number of pyridine rings is 2. The fourth-order valence-corrected chi connectivity index (χ4v) is 4.15. The molecule has 0 radical (unpaired) electrons. The topological polar surface area (TPSA) is 347 Å². The number of hydrogen-bond donors (Lipinski definition) is 8. The minimum absolute atomic E-state index is 0. The van der Waals surface area contributed by atoms with Gasteiger partial charge in [-0.3, -0.25) is 42.2 Å². The number of carbonyl (C=O) groups is 2. The van der Waals surface area contributed by atoms with Gasteiger partial charge in [-0.05, 0) is 53.1 Å². The largest absolute Gasteiger partial charge is 1.00 e. The van der Waals surface area contributed by atoms with Crippen LogP contribution in [0.2, 0.25) is 0 Å². The molecule has 0 saturated heterocycles. The number of aromatic nitrogens is 5. The Morgan fingerprint density at radius 2 is 1.32 bits per heavy atom. The Hall–Kier alpha value is -6.53. The van der Waals surface area contributed by atoms with Gasteiger partial charge in [0.15, 0.2) is 17.4 Å². The number of nitrogens with one attached hydrogen (secondary N) is 3. The van der Waals surface area contributed by atoms with E-state index in [1.807, 2.05) is 48.5 Å². The predicted molar refractivity (Wildman–Crippen MR) is 232 cm³/mol. The van der Waals surface area contributed by atoms with Crippen LogP contribution in [0.25, 0.3) is 41.1 Å². The summed E-state index contributed by atoms with van der Waals surface area (Å²) in [5.41, 5.74) is 13.9. The molecule has 3 aromatic carbocycles. The zero-order chi connectivity index (χ0) is 41.3. The number of H-pyrrole nitrogens is 1. The summed E-state index contributed by atoms with van der Waals surface area (Å²) < 4.78 is 0. The van der Waals surface area contributed by atoms with Crippen LogP contribution in [-0.4, -0.2) is 65.3 Å². The number of nitrogen functional groups attached to an aromatic ring is 2. The Morgan fingerprint density at radius 1 is 0.817 bits per heavy atom. The monoisotopic (exact) mass is 844 g/mol. The van der Waals surface area contributed by atoms with Crippen molar-refractivity contribution in [3.05, 3.63) is 174 Å². The number of amidine groups is 1. The Kier molecular flexibility index (Phi) is 31.2. The van der Waals surface area contributed by atoms with Crippen molar-refractivity contribution < 1.29 is 55.2 Å². The number of nitrogens with two attached hydrogens (primary N) is 4. The number of ketones is 1. The summed E-state index contributed by atoms with van der Waals surface area (Å²) >= 11 is 0. The zero-order valence-electron chi connectivity index (χ0n) is 32.7. The number of aliphatic hydroxyl groups is 1. The van der Waals surface area contributed by atoms with Gasteiger partial charge in [0.25, 0.3) is 5.91 Å². The Labute approximate surface area is 375 Å². The minimum Gasteiger partial charge on any atom is -0.870 e. The molecule has 0 bridgehead atoms. The standard InChI is InChI=1S/C15H12N4.C10H10O2.C9H10N2O.C7H6N4.ClH.H4N2.Na.2H2O/c1-2-11-6-8-12(9-7-11)14-17-15(19-18-14)13-5-3-4-10-16-13;1-2-8-3-5-9(6-4-8)10(12)7-11;1-2-7-3-5-8(6-4-7)9(12)11-10;8-3-6-2-1-5(4-11-6)7(9)10;;1-2;;;/h2-10H,1H2,(H,17,18,19);2-6,11H,1,7H2;2-6H,1,10H2,(H,11,12);1-2,4H,(H3,9,10);1H;1-2H2;;2*1H2/q;;;;;;+1;;/p-1. The maximum absolute atomic E-state index is 11.0. The van der Waals surface area contributed by atoms with Gasteiger partial charge in [0, 0.05) is 34.6 Å². The van der Waals surface area contributed by atoms with E-state index >= 15 is 0 Å². The molecule has 0 fully saturated rings. The summed E-state index contributed by atoms with van der Waals surface area (Å²) in [6, 6.07) is 32.5. The summed E-state index contributed by atoms with van der Waals surface area (Å²) in [7, 11) is 0. The molecule has 19 heteroatoms. The van der Waals surface area contributed by atoms with Crippen molar-refractivity contribution in [2.45, 2.75) is 0 Å². The van der Waals surface area contributed by atoms with Crippen molar-refractivity contribution in [1.29, 1.82) is 10.7 Å². The summed E-state index contributed by atoms with van der Waals surface area (Å²) in [6.07, 6.45) is 8.36. The van der Waals surface area contributed by atoms with Crippen molar-refractivity contribution in [3.8, 4) is 29.0 Å². The van der Waals surface area contributed by atoms with Crippen LogP contribution in [0, 0.1) is 16.7 Å². The fourth-order valence-electron chi connectivity index (χ4n) is 4.15. The number of carbonyl (C=O) groups excluding carboxylic acids is 2. The third kappa shape index (κ3) is 19.3. The van der Waals surface area contributed by atoms with E-state index in [0.717, 1.165) is 27.9 Å². The second-order valence-corrected chi connectivity index (χ2v) is 10.7. The third-order valence-corrected chi connectivity index (χ3v) is 7.14. The van der Waals surface area contributed by atoms with Gasteiger partial charge in [-0.25, -0.2) is 15.8 Å². The smallest absolute Gasteiger partial charge is 0.870 e. The van der Waals surface area contributed by atoms with Crippen LogP contribution in [0.4, 0.5) is 0 Å². The van der Waals surface area contributed by atoms with Gasteiger partial charge in [-0.15, -0.1) is 12.4 Å². The number of nitriles is 1. The van der Waals surface area contributed by atoms with E-state index in [1.165, 1.54) is 12.3 Å². The first kappa shape index (κ1) is 57.8. The van der Waals surface area contributed by atoms with Gasteiger partial charge < -0.3 is 21.8 Å². The van der Waals surface area contributed by atoms with E-state index in [4.69, 9.17) is 27.4 Å². The SMILES string of the molecule is C=Cc1ccc(-c2n[nH]c(-c3ccccn3)n2)cc1.C=Cc1ccc(C(=O)CO)cc1.C=Cc1ccc(C(=O)NN)cc1.Cl.N#Cc1ccc(C(=N)N)cn1.NN.O.[Na+].[OH-]. The molecule has 0 aliphatic carbocycles. The van der Waals surface area contributed by atoms with Crippen LogP contribution in [0.15, 0.2) is 135 Å². The van der Waals surface area contributed by atoms with Gasteiger partial charge in [0.05, 0.1) is 0 Å². The van der Waals surface area contributed by atoms with Crippen LogP contribution >= 0.6 is 12.4 Å². The van der Waals surface area contributed by atoms with E-state index in [1.54, 1.807) is 79.0 Å². The maximum Gasteiger partial charge on any atom is 1.00 e. The molecule has 0 unspecified atom stereocenters. The first-order valence-electron chi connectivity index (χ1n) is 16.4. The quantitative estimate of drug-likeness (QED) is 0.0192. The molecular weight excluding hydrogens is 799 g/mol. The first-order valence-corrected chi connectivity index (χ1v) is 16.4. The van der Waals surface area contributed by atoms with Crippen LogP contribution < -0.4 is 58.2 Å². The van der Waals surface area contributed by atoms with Crippen molar-refractivity contribution in [3.63, 3.8) is 0 Å². The summed E-state index contributed by atoms with van der Waals surface area (Å²) in [5, 5.41) is 31.1. The molecule has 6 rings (SSSR count). The second kappa shape index (κ2) is 32.4. The molecule has 15 N–H and O–H groups in total. The Bertz CT molecular complexity index is 2150. The number of rotatable bonds is 9. The van der Waals surface area contributed by atoms with E-state index in [2.05, 4.69) is 62.0 Å². The van der Waals surface area contributed by atoms with Gasteiger partial charge in [-0.2, -0.15) is 10.4 Å². The summed E-state index contributed by atoms with van der Waals surface area (Å²) in [5.74, 6) is 13.7. The van der Waals surface area contributed by atoms with E-state index in [-0.39, 0.29) is 70.4 Å². The molecular formula is C41H46ClN12NaO5. The minimum atomic E-state index is -0.437.